The fraction of sp³-hybridized carbons (Fsp3) is 0.0500. The minimum absolute atomic E-state index is 0.0720. The molecule has 3 rings (SSSR count). The van der Waals surface area contributed by atoms with Gasteiger partial charge in [-0.2, -0.15) is 0 Å². The second-order valence-electron chi connectivity index (χ2n) is 5.06. The van der Waals surface area contributed by atoms with Crippen LogP contribution in [0.5, 0.6) is 0 Å². The maximum Gasteiger partial charge on any atom is 0.194 e. The number of aryl methyl sites for hydroxylation is 1. The molecule has 108 valence electrons. The number of ketones is 1. The van der Waals surface area contributed by atoms with E-state index in [4.69, 9.17) is 0 Å². The zero-order chi connectivity index (χ0) is 15.4. The van der Waals surface area contributed by atoms with Crippen LogP contribution in [-0.2, 0) is 0 Å². The second kappa shape index (κ2) is 6.63. The Morgan fingerprint density at radius 2 is 1.41 bits per heavy atom. The van der Waals surface area contributed by atoms with E-state index >= 15 is 0 Å². The number of carbonyl (C=O) groups excluding carboxylic acids is 1. The summed E-state index contributed by atoms with van der Waals surface area (Å²) < 4.78 is 0. The first-order valence-electron chi connectivity index (χ1n) is 7.18. The van der Waals surface area contributed by atoms with E-state index in [1.165, 1.54) is 0 Å². The van der Waals surface area contributed by atoms with Gasteiger partial charge in [-0.25, -0.2) is 0 Å². The lowest BCUT2D eigenvalue weighted by molar-refractivity contribution is 0.103. The van der Waals surface area contributed by atoms with Gasteiger partial charge in [0.1, 0.15) is 0 Å². The van der Waals surface area contributed by atoms with Crippen LogP contribution in [0.4, 0.5) is 0 Å². The van der Waals surface area contributed by atoms with Gasteiger partial charge in [0, 0.05) is 20.9 Å². The van der Waals surface area contributed by atoms with Crippen molar-refractivity contribution in [2.45, 2.75) is 16.7 Å². The Labute approximate surface area is 135 Å². The number of rotatable bonds is 4. The first kappa shape index (κ1) is 14.6. The standard InChI is InChI=1S/C20H16OS/c1-15-9-8-14-18(19(21)16-10-4-2-5-11-16)20(15)22-17-12-6-3-7-13-17/h2-14H,1H3. The molecule has 0 bridgehead atoms. The molecule has 3 aromatic carbocycles. The van der Waals surface area contributed by atoms with Crippen LogP contribution in [0.3, 0.4) is 0 Å². The molecule has 0 atom stereocenters. The summed E-state index contributed by atoms with van der Waals surface area (Å²) in [6, 6.07) is 25.5. The van der Waals surface area contributed by atoms with Crippen molar-refractivity contribution in [1.82, 2.24) is 0 Å². The number of benzene rings is 3. The third kappa shape index (κ3) is 3.12. The lowest BCUT2D eigenvalue weighted by Crippen LogP contribution is -2.03. The van der Waals surface area contributed by atoms with Crippen LogP contribution in [0.25, 0.3) is 0 Å². The Hall–Kier alpha value is -2.32. The van der Waals surface area contributed by atoms with Gasteiger partial charge in [0.15, 0.2) is 5.78 Å². The monoisotopic (exact) mass is 304 g/mol. The topological polar surface area (TPSA) is 17.1 Å². The highest BCUT2D eigenvalue weighted by molar-refractivity contribution is 7.99. The SMILES string of the molecule is Cc1cccc(C(=O)c2ccccc2)c1Sc1ccccc1. The van der Waals surface area contributed by atoms with Gasteiger partial charge in [-0.3, -0.25) is 4.79 Å². The highest BCUT2D eigenvalue weighted by Crippen LogP contribution is 2.34. The molecule has 0 aliphatic heterocycles. The minimum atomic E-state index is 0.0720. The van der Waals surface area contributed by atoms with Crippen molar-refractivity contribution in [1.29, 1.82) is 0 Å². The van der Waals surface area contributed by atoms with E-state index in [-0.39, 0.29) is 5.78 Å². The highest BCUT2D eigenvalue weighted by atomic mass is 32.2. The molecule has 22 heavy (non-hydrogen) atoms. The van der Waals surface area contributed by atoms with E-state index in [2.05, 4.69) is 12.1 Å². The Morgan fingerprint density at radius 1 is 0.773 bits per heavy atom. The van der Waals surface area contributed by atoms with Gasteiger partial charge < -0.3 is 0 Å². The molecule has 0 unspecified atom stereocenters. The van der Waals surface area contributed by atoms with Crippen LogP contribution in [0.15, 0.2) is 88.7 Å². The normalized spacial score (nSPS) is 10.4. The molecular weight excluding hydrogens is 288 g/mol. The van der Waals surface area contributed by atoms with Crippen molar-refractivity contribution in [3.63, 3.8) is 0 Å². The van der Waals surface area contributed by atoms with Gasteiger partial charge in [-0.05, 0) is 30.7 Å². The molecule has 1 nitrogen and oxygen atoms in total. The van der Waals surface area contributed by atoms with E-state index in [0.717, 1.165) is 26.5 Å². The zero-order valence-electron chi connectivity index (χ0n) is 12.3. The molecule has 3 aromatic rings. The number of hydrogen-bond acceptors (Lipinski definition) is 2. The van der Waals surface area contributed by atoms with Crippen LogP contribution in [0, 0.1) is 6.92 Å². The van der Waals surface area contributed by atoms with Gasteiger partial charge in [-0.1, -0.05) is 72.4 Å². The van der Waals surface area contributed by atoms with Crippen molar-refractivity contribution < 1.29 is 4.79 Å². The Balaban J connectivity index is 2.02. The van der Waals surface area contributed by atoms with Crippen LogP contribution >= 0.6 is 11.8 Å². The fourth-order valence-corrected chi connectivity index (χ4v) is 3.35. The molecule has 0 spiro atoms. The molecule has 0 radical (unpaired) electrons. The molecule has 0 aromatic heterocycles. The first-order chi connectivity index (χ1) is 10.8. The average Bonchev–Trinajstić information content (AvgIpc) is 2.58. The molecule has 0 saturated heterocycles. The minimum Gasteiger partial charge on any atom is -0.289 e. The average molecular weight is 304 g/mol. The Morgan fingerprint density at radius 3 is 2.09 bits per heavy atom. The van der Waals surface area contributed by atoms with E-state index < -0.39 is 0 Å². The molecule has 0 aliphatic carbocycles. The van der Waals surface area contributed by atoms with Crippen LogP contribution in [-0.4, -0.2) is 5.78 Å². The molecule has 0 fully saturated rings. The molecule has 2 heteroatoms. The van der Waals surface area contributed by atoms with Gasteiger partial charge >= 0.3 is 0 Å². The summed E-state index contributed by atoms with van der Waals surface area (Å²) >= 11 is 1.64. The maximum absolute atomic E-state index is 12.8. The van der Waals surface area contributed by atoms with Crippen LogP contribution < -0.4 is 0 Å². The predicted octanol–water partition coefficient (Wildman–Crippen LogP) is 5.38. The summed E-state index contributed by atoms with van der Waals surface area (Å²) in [5.74, 6) is 0.0720. The molecule has 0 amide bonds. The predicted molar refractivity (Wildman–Crippen MR) is 91.6 cm³/mol. The van der Waals surface area contributed by atoms with Crippen molar-refractivity contribution in [3.8, 4) is 0 Å². The van der Waals surface area contributed by atoms with E-state index in [1.54, 1.807) is 11.8 Å². The summed E-state index contributed by atoms with van der Waals surface area (Å²) in [6.07, 6.45) is 0. The Kier molecular flexibility index (Phi) is 4.40. The summed E-state index contributed by atoms with van der Waals surface area (Å²) in [4.78, 5) is 15.0. The lowest BCUT2D eigenvalue weighted by Gasteiger charge is -2.11. The number of hydrogen-bond donors (Lipinski definition) is 0. The summed E-state index contributed by atoms with van der Waals surface area (Å²) in [5, 5.41) is 0. The maximum atomic E-state index is 12.8. The van der Waals surface area contributed by atoms with Crippen molar-refractivity contribution in [2.24, 2.45) is 0 Å². The Bertz CT molecular complexity index is 779. The van der Waals surface area contributed by atoms with Crippen molar-refractivity contribution in [3.05, 3.63) is 95.6 Å². The van der Waals surface area contributed by atoms with Gasteiger partial charge in [0.2, 0.25) is 0 Å². The van der Waals surface area contributed by atoms with Crippen LogP contribution in [0.2, 0.25) is 0 Å². The lowest BCUT2D eigenvalue weighted by atomic mass is 10.0. The van der Waals surface area contributed by atoms with E-state index in [1.807, 2.05) is 73.7 Å². The third-order valence-corrected chi connectivity index (χ3v) is 4.71. The molecular formula is C20H16OS. The smallest absolute Gasteiger partial charge is 0.194 e. The highest BCUT2D eigenvalue weighted by Gasteiger charge is 2.15. The summed E-state index contributed by atoms with van der Waals surface area (Å²) in [6.45, 7) is 2.05. The summed E-state index contributed by atoms with van der Waals surface area (Å²) in [5.41, 5.74) is 2.61. The summed E-state index contributed by atoms with van der Waals surface area (Å²) in [7, 11) is 0. The third-order valence-electron chi connectivity index (χ3n) is 3.46. The molecule has 0 saturated carbocycles. The van der Waals surface area contributed by atoms with Crippen LogP contribution in [0.1, 0.15) is 21.5 Å². The molecule has 0 aliphatic rings. The van der Waals surface area contributed by atoms with Gasteiger partial charge in [0.25, 0.3) is 0 Å². The van der Waals surface area contributed by atoms with E-state index in [0.29, 0.717) is 0 Å². The second-order valence-corrected chi connectivity index (χ2v) is 6.15. The van der Waals surface area contributed by atoms with E-state index in [9.17, 15) is 4.79 Å². The largest absolute Gasteiger partial charge is 0.289 e. The van der Waals surface area contributed by atoms with Crippen molar-refractivity contribution >= 4 is 17.5 Å². The first-order valence-corrected chi connectivity index (χ1v) is 7.99. The molecule has 0 N–H and O–H groups in total. The quantitative estimate of drug-likeness (QED) is 0.602. The fourth-order valence-electron chi connectivity index (χ4n) is 2.32. The number of carbonyl (C=O) groups is 1. The van der Waals surface area contributed by atoms with Gasteiger partial charge in [0.05, 0.1) is 0 Å². The zero-order valence-corrected chi connectivity index (χ0v) is 13.1. The van der Waals surface area contributed by atoms with Crippen molar-refractivity contribution in [2.75, 3.05) is 0 Å². The molecule has 0 heterocycles. The van der Waals surface area contributed by atoms with Gasteiger partial charge in [-0.15, -0.1) is 0 Å².